The first-order valence-electron chi connectivity index (χ1n) is 8.45. The van der Waals surface area contributed by atoms with Gasteiger partial charge in [-0.05, 0) is 36.1 Å². The maximum atomic E-state index is 12.4. The van der Waals surface area contributed by atoms with Gasteiger partial charge in [0.05, 0.1) is 4.90 Å². The van der Waals surface area contributed by atoms with E-state index in [-0.39, 0.29) is 17.3 Å². The van der Waals surface area contributed by atoms with E-state index in [0.717, 1.165) is 13.0 Å². The summed E-state index contributed by atoms with van der Waals surface area (Å²) >= 11 is 0. The normalized spacial score (nSPS) is 14.2. The molecule has 2 aromatic carbocycles. The van der Waals surface area contributed by atoms with Crippen molar-refractivity contribution in [3.05, 3.63) is 65.7 Å². The van der Waals surface area contributed by atoms with E-state index in [9.17, 15) is 13.2 Å². The van der Waals surface area contributed by atoms with Crippen molar-refractivity contribution in [2.24, 2.45) is 0 Å². The van der Waals surface area contributed by atoms with E-state index in [0.29, 0.717) is 19.4 Å². The zero-order valence-corrected chi connectivity index (χ0v) is 14.8. The van der Waals surface area contributed by atoms with Gasteiger partial charge in [0.25, 0.3) is 0 Å². The summed E-state index contributed by atoms with van der Waals surface area (Å²) < 4.78 is 26.8. The molecule has 1 amide bonds. The summed E-state index contributed by atoms with van der Waals surface area (Å²) in [5.41, 5.74) is 2.51. The Labute approximate surface area is 148 Å². The van der Waals surface area contributed by atoms with Gasteiger partial charge in [0.1, 0.15) is 0 Å². The van der Waals surface area contributed by atoms with Gasteiger partial charge in [-0.15, -0.1) is 0 Å². The highest BCUT2D eigenvalue weighted by Gasteiger charge is 2.20. The fraction of sp³-hybridized carbons (Fsp3) is 0.316. The summed E-state index contributed by atoms with van der Waals surface area (Å²) in [6.45, 7) is 1.63. The predicted octanol–water partition coefficient (Wildman–Crippen LogP) is 2.33. The number of carbonyl (C=O) groups excluding carboxylic acids is 1. The summed E-state index contributed by atoms with van der Waals surface area (Å²) in [6, 6.07) is 16.4. The Bertz CT molecular complexity index is 835. The van der Waals surface area contributed by atoms with E-state index < -0.39 is 10.0 Å². The van der Waals surface area contributed by atoms with Crippen molar-refractivity contribution in [1.29, 1.82) is 0 Å². The standard InChI is InChI=1S/C19H22N2O3S/c22-19(21-14-12-16-7-4-5-8-17(16)15-21)11-6-13-20-25(23,24)18-9-2-1-3-10-18/h1-5,7-10,20H,6,11-15H2. The molecule has 0 saturated heterocycles. The highest BCUT2D eigenvalue weighted by molar-refractivity contribution is 7.89. The van der Waals surface area contributed by atoms with Crippen LogP contribution < -0.4 is 4.72 Å². The number of fused-ring (bicyclic) bond motifs is 1. The highest BCUT2D eigenvalue weighted by Crippen LogP contribution is 2.19. The number of amides is 1. The molecule has 0 fully saturated rings. The molecule has 0 radical (unpaired) electrons. The Morgan fingerprint density at radius 1 is 1.00 bits per heavy atom. The van der Waals surface area contributed by atoms with Crippen LogP contribution >= 0.6 is 0 Å². The lowest BCUT2D eigenvalue weighted by Gasteiger charge is -2.29. The second kappa shape index (κ2) is 7.80. The highest BCUT2D eigenvalue weighted by atomic mass is 32.2. The molecule has 0 bridgehead atoms. The summed E-state index contributed by atoms with van der Waals surface area (Å²) in [5.74, 6) is 0.0772. The van der Waals surface area contributed by atoms with Crippen molar-refractivity contribution in [1.82, 2.24) is 9.62 Å². The molecule has 6 heteroatoms. The molecule has 1 N–H and O–H groups in total. The van der Waals surface area contributed by atoms with Crippen LogP contribution in [-0.4, -0.2) is 32.3 Å². The number of rotatable bonds is 6. The third kappa shape index (κ3) is 4.46. The molecule has 2 aromatic rings. The van der Waals surface area contributed by atoms with E-state index in [1.807, 2.05) is 17.0 Å². The summed E-state index contributed by atoms with van der Waals surface area (Å²) in [5, 5.41) is 0. The molecule has 0 aromatic heterocycles. The van der Waals surface area contributed by atoms with Gasteiger partial charge in [-0.1, -0.05) is 42.5 Å². The summed E-state index contributed by atoms with van der Waals surface area (Å²) in [7, 11) is -3.50. The lowest BCUT2D eigenvalue weighted by Crippen LogP contribution is -2.36. The van der Waals surface area contributed by atoms with Crippen LogP contribution in [0.1, 0.15) is 24.0 Å². The van der Waals surface area contributed by atoms with Crippen molar-refractivity contribution in [2.45, 2.75) is 30.7 Å². The number of nitrogens with one attached hydrogen (secondary N) is 1. The lowest BCUT2D eigenvalue weighted by atomic mass is 9.99. The van der Waals surface area contributed by atoms with Gasteiger partial charge in [-0.2, -0.15) is 0 Å². The molecule has 3 rings (SSSR count). The molecule has 0 spiro atoms. The molecule has 5 nitrogen and oxygen atoms in total. The second-order valence-electron chi connectivity index (χ2n) is 6.15. The third-order valence-electron chi connectivity index (χ3n) is 4.40. The fourth-order valence-electron chi connectivity index (χ4n) is 3.00. The zero-order valence-electron chi connectivity index (χ0n) is 14.0. The number of benzene rings is 2. The molecule has 0 saturated carbocycles. The number of carbonyl (C=O) groups is 1. The van der Waals surface area contributed by atoms with Gasteiger partial charge in [0.2, 0.25) is 15.9 Å². The molecule has 1 heterocycles. The Balaban J connectivity index is 1.46. The minimum atomic E-state index is -3.50. The number of sulfonamides is 1. The average Bonchev–Trinajstić information content (AvgIpc) is 2.65. The maximum absolute atomic E-state index is 12.4. The largest absolute Gasteiger partial charge is 0.338 e. The van der Waals surface area contributed by atoms with E-state index in [4.69, 9.17) is 0 Å². The SMILES string of the molecule is O=C(CCCNS(=O)(=O)c1ccccc1)N1CCc2ccccc2C1. The minimum absolute atomic E-state index is 0.0772. The first kappa shape index (κ1) is 17.6. The smallest absolute Gasteiger partial charge is 0.240 e. The second-order valence-corrected chi connectivity index (χ2v) is 7.92. The fourth-order valence-corrected chi connectivity index (χ4v) is 4.09. The van der Waals surface area contributed by atoms with Gasteiger partial charge in [0.15, 0.2) is 0 Å². The van der Waals surface area contributed by atoms with Crippen LogP contribution in [-0.2, 0) is 27.8 Å². The van der Waals surface area contributed by atoms with Crippen LogP contribution in [0.25, 0.3) is 0 Å². The number of hydrogen-bond acceptors (Lipinski definition) is 3. The first-order chi connectivity index (χ1) is 12.1. The molecular formula is C19H22N2O3S. The number of hydrogen-bond donors (Lipinski definition) is 1. The predicted molar refractivity (Wildman–Crippen MR) is 96.4 cm³/mol. The van der Waals surface area contributed by atoms with Crippen LogP contribution in [0.4, 0.5) is 0 Å². The van der Waals surface area contributed by atoms with E-state index in [1.165, 1.54) is 11.1 Å². The van der Waals surface area contributed by atoms with Crippen LogP contribution in [0.15, 0.2) is 59.5 Å². The monoisotopic (exact) mass is 358 g/mol. The molecule has 0 atom stereocenters. The van der Waals surface area contributed by atoms with Crippen molar-refractivity contribution in [2.75, 3.05) is 13.1 Å². The first-order valence-corrected chi connectivity index (χ1v) is 9.94. The van der Waals surface area contributed by atoms with E-state index in [1.54, 1.807) is 30.3 Å². The topological polar surface area (TPSA) is 66.5 Å². The van der Waals surface area contributed by atoms with Gasteiger partial charge >= 0.3 is 0 Å². The average molecular weight is 358 g/mol. The van der Waals surface area contributed by atoms with Crippen LogP contribution in [0.3, 0.4) is 0 Å². The van der Waals surface area contributed by atoms with Crippen LogP contribution in [0, 0.1) is 0 Å². The van der Waals surface area contributed by atoms with Gasteiger partial charge < -0.3 is 4.90 Å². The van der Waals surface area contributed by atoms with Crippen LogP contribution in [0.2, 0.25) is 0 Å². The molecule has 0 unspecified atom stereocenters. The quantitative estimate of drug-likeness (QED) is 0.806. The van der Waals surface area contributed by atoms with E-state index in [2.05, 4.69) is 16.9 Å². The Kier molecular flexibility index (Phi) is 5.50. The Morgan fingerprint density at radius 3 is 2.44 bits per heavy atom. The molecule has 25 heavy (non-hydrogen) atoms. The van der Waals surface area contributed by atoms with Crippen molar-refractivity contribution >= 4 is 15.9 Å². The van der Waals surface area contributed by atoms with Crippen molar-refractivity contribution in [3.8, 4) is 0 Å². The van der Waals surface area contributed by atoms with E-state index >= 15 is 0 Å². The maximum Gasteiger partial charge on any atom is 0.240 e. The van der Waals surface area contributed by atoms with Gasteiger partial charge in [0, 0.05) is 26.1 Å². The minimum Gasteiger partial charge on any atom is -0.338 e. The Morgan fingerprint density at radius 2 is 1.68 bits per heavy atom. The van der Waals surface area contributed by atoms with Crippen molar-refractivity contribution in [3.63, 3.8) is 0 Å². The van der Waals surface area contributed by atoms with Crippen LogP contribution in [0.5, 0.6) is 0 Å². The van der Waals surface area contributed by atoms with Gasteiger partial charge in [-0.3, -0.25) is 4.79 Å². The summed E-state index contributed by atoms with van der Waals surface area (Å²) in [6.07, 6.45) is 1.71. The third-order valence-corrected chi connectivity index (χ3v) is 5.87. The molecule has 0 aliphatic carbocycles. The zero-order chi connectivity index (χ0) is 17.7. The van der Waals surface area contributed by atoms with Crippen molar-refractivity contribution < 1.29 is 13.2 Å². The number of nitrogens with zero attached hydrogens (tertiary/aromatic N) is 1. The molecule has 1 aliphatic rings. The van der Waals surface area contributed by atoms with Gasteiger partial charge in [-0.25, -0.2) is 13.1 Å². The Hall–Kier alpha value is -2.18. The molecule has 132 valence electrons. The molecule has 1 aliphatic heterocycles. The summed E-state index contributed by atoms with van der Waals surface area (Å²) in [4.78, 5) is 14.5. The molecular weight excluding hydrogens is 336 g/mol. The lowest BCUT2D eigenvalue weighted by molar-refractivity contribution is -0.132.